The Labute approximate surface area is 62.8 Å². The van der Waals surface area contributed by atoms with Crippen LogP contribution in [0.1, 0.15) is 26.2 Å². The molecule has 0 saturated heterocycles. The van der Waals surface area contributed by atoms with Gasteiger partial charge in [0.25, 0.3) is 0 Å². The van der Waals surface area contributed by atoms with Gasteiger partial charge >= 0.3 is 0 Å². The molecule has 0 aliphatic heterocycles. The van der Waals surface area contributed by atoms with Crippen LogP contribution in [0.15, 0.2) is 12.2 Å². The SMILES string of the molecule is C#CCCC/C=C/C(C)O. The molecule has 0 amide bonds. The fourth-order valence-corrected chi connectivity index (χ4v) is 0.615. The van der Waals surface area contributed by atoms with Crippen LogP contribution in [0.5, 0.6) is 0 Å². The van der Waals surface area contributed by atoms with Gasteiger partial charge in [-0.05, 0) is 19.8 Å². The second-order valence-corrected chi connectivity index (χ2v) is 2.27. The predicted molar refractivity (Wildman–Crippen MR) is 43.5 cm³/mol. The Balaban J connectivity index is 3.12. The minimum absolute atomic E-state index is 0.328. The first kappa shape index (κ1) is 9.26. The molecule has 10 heavy (non-hydrogen) atoms. The van der Waals surface area contributed by atoms with Crippen molar-refractivity contribution in [3.05, 3.63) is 12.2 Å². The van der Waals surface area contributed by atoms with E-state index >= 15 is 0 Å². The summed E-state index contributed by atoms with van der Waals surface area (Å²) in [6.45, 7) is 1.73. The molecule has 0 radical (unpaired) electrons. The van der Waals surface area contributed by atoms with Crippen molar-refractivity contribution < 1.29 is 5.11 Å². The first-order valence-corrected chi connectivity index (χ1v) is 3.55. The van der Waals surface area contributed by atoms with Crippen molar-refractivity contribution in [2.45, 2.75) is 32.3 Å². The molecule has 0 heterocycles. The molecule has 0 aromatic heterocycles. The molecule has 0 aliphatic carbocycles. The zero-order valence-electron chi connectivity index (χ0n) is 6.38. The molecule has 0 bridgehead atoms. The summed E-state index contributed by atoms with van der Waals surface area (Å²) in [4.78, 5) is 0. The van der Waals surface area contributed by atoms with Crippen LogP contribution >= 0.6 is 0 Å². The molecule has 1 unspecified atom stereocenters. The Hall–Kier alpha value is -0.740. The van der Waals surface area contributed by atoms with Gasteiger partial charge < -0.3 is 5.11 Å². The van der Waals surface area contributed by atoms with Crippen LogP contribution in [0.4, 0.5) is 0 Å². The predicted octanol–water partition coefficient (Wildman–Crippen LogP) is 1.73. The van der Waals surface area contributed by atoms with E-state index in [0.29, 0.717) is 0 Å². The lowest BCUT2D eigenvalue weighted by atomic mass is 10.2. The summed E-state index contributed by atoms with van der Waals surface area (Å²) in [7, 11) is 0. The van der Waals surface area contributed by atoms with Gasteiger partial charge in [-0.15, -0.1) is 12.3 Å². The fourth-order valence-electron chi connectivity index (χ4n) is 0.615. The average Bonchev–Trinajstić information content (AvgIpc) is 1.87. The van der Waals surface area contributed by atoms with E-state index in [2.05, 4.69) is 5.92 Å². The zero-order chi connectivity index (χ0) is 7.82. The maximum Gasteiger partial charge on any atom is 0.0692 e. The molecule has 0 aromatic rings. The van der Waals surface area contributed by atoms with E-state index in [1.54, 1.807) is 13.0 Å². The van der Waals surface area contributed by atoms with Crippen LogP contribution in [0.25, 0.3) is 0 Å². The number of allylic oxidation sites excluding steroid dienone is 1. The lowest BCUT2D eigenvalue weighted by molar-refractivity contribution is 0.244. The summed E-state index contributed by atoms with van der Waals surface area (Å²) in [5, 5.41) is 8.78. The van der Waals surface area contributed by atoms with Gasteiger partial charge in [-0.3, -0.25) is 0 Å². The maximum atomic E-state index is 8.78. The van der Waals surface area contributed by atoms with Gasteiger partial charge in [-0.2, -0.15) is 0 Å². The highest BCUT2D eigenvalue weighted by atomic mass is 16.3. The molecule has 0 fully saturated rings. The number of hydrogen-bond donors (Lipinski definition) is 1. The van der Waals surface area contributed by atoms with E-state index in [1.165, 1.54) is 0 Å². The van der Waals surface area contributed by atoms with Gasteiger partial charge in [0.05, 0.1) is 6.10 Å². The number of terminal acetylenes is 1. The smallest absolute Gasteiger partial charge is 0.0692 e. The molecule has 0 aliphatic rings. The summed E-state index contributed by atoms with van der Waals surface area (Å²) >= 11 is 0. The van der Waals surface area contributed by atoms with Crippen LogP contribution in [-0.2, 0) is 0 Å². The standard InChI is InChI=1S/C9H14O/c1-3-4-5-6-7-8-9(2)10/h1,7-10H,4-6H2,2H3/b8-7+. The largest absolute Gasteiger partial charge is 0.389 e. The molecule has 0 rings (SSSR count). The van der Waals surface area contributed by atoms with Crippen molar-refractivity contribution in [3.8, 4) is 12.3 Å². The van der Waals surface area contributed by atoms with E-state index < -0.39 is 0 Å². The third-order valence-electron chi connectivity index (χ3n) is 1.11. The number of aliphatic hydroxyl groups excluding tert-OH is 1. The Morgan fingerprint density at radius 3 is 2.90 bits per heavy atom. The van der Waals surface area contributed by atoms with Gasteiger partial charge in [-0.1, -0.05) is 12.2 Å². The highest BCUT2D eigenvalue weighted by Gasteiger charge is 1.83. The minimum Gasteiger partial charge on any atom is -0.389 e. The summed E-state index contributed by atoms with van der Waals surface area (Å²) in [6.07, 6.45) is 11.3. The number of aliphatic hydroxyl groups is 1. The normalized spacial score (nSPS) is 13.3. The first-order chi connectivity index (χ1) is 4.77. The minimum atomic E-state index is -0.328. The van der Waals surface area contributed by atoms with E-state index in [-0.39, 0.29) is 6.10 Å². The van der Waals surface area contributed by atoms with Crippen LogP contribution in [0, 0.1) is 12.3 Å². The van der Waals surface area contributed by atoms with Crippen molar-refractivity contribution in [1.29, 1.82) is 0 Å². The second kappa shape index (κ2) is 6.38. The molecule has 0 saturated carbocycles. The number of hydrogen-bond acceptors (Lipinski definition) is 1. The molecule has 1 nitrogen and oxygen atoms in total. The van der Waals surface area contributed by atoms with Crippen LogP contribution < -0.4 is 0 Å². The highest BCUT2D eigenvalue weighted by molar-refractivity contribution is 4.89. The average molecular weight is 138 g/mol. The summed E-state index contributed by atoms with van der Waals surface area (Å²) in [5.41, 5.74) is 0. The molecule has 56 valence electrons. The summed E-state index contributed by atoms with van der Waals surface area (Å²) in [5.74, 6) is 2.56. The van der Waals surface area contributed by atoms with Gasteiger partial charge in [0, 0.05) is 6.42 Å². The van der Waals surface area contributed by atoms with Crippen molar-refractivity contribution in [2.75, 3.05) is 0 Å². The van der Waals surface area contributed by atoms with Crippen LogP contribution in [0.3, 0.4) is 0 Å². The van der Waals surface area contributed by atoms with Gasteiger partial charge in [-0.25, -0.2) is 0 Å². The van der Waals surface area contributed by atoms with E-state index in [4.69, 9.17) is 11.5 Å². The third kappa shape index (κ3) is 7.26. The Morgan fingerprint density at radius 2 is 2.40 bits per heavy atom. The van der Waals surface area contributed by atoms with Gasteiger partial charge in [0.1, 0.15) is 0 Å². The van der Waals surface area contributed by atoms with Crippen molar-refractivity contribution in [1.82, 2.24) is 0 Å². The van der Waals surface area contributed by atoms with Crippen molar-refractivity contribution in [2.24, 2.45) is 0 Å². The van der Waals surface area contributed by atoms with Gasteiger partial charge in [0.15, 0.2) is 0 Å². The maximum absolute atomic E-state index is 8.78. The Morgan fingerprint density at radius 1 is 1.70 bits per heavy atom. The van der Waals surface area contributed by atoms with Crippen molar-refractivity contribution in [3.63, 3.8) is 0 Å². The van der Waals surface area contributed by atoms with Crippen molar-refractivity contribution >= 4 is 0 Å². The lowest BCUT2D eigenvalue weighted by Crippen LogP contribution is -1.91. The second-order valence-electron chi connectivity index (χ2n) is 2.27. The Kier molecular flexibility index (Phi) is 5.91. The van der Waals surface area contributed by atoms with E-state index in [0.717, 1.165) is 19.3 Å². The topological polar surface area (TPSA) is 20.2 Å². The number of rotatable bonds is 4. The number of unbranched alkanes of at least 4 members (excludes halogenated alkanes) is 2. The van der Waals surface area contributed by atoms with Crippen LogP contribution in [0.2, 0.25) is 0 Å². The lowest BCUT2D eigenvalue weighted by Gasteiger charge is -1.92. The quantitative estimate of drug-likeness (QED) is 0.356. The zero-order valence-corrected chi connectivity index (χ0v) is 6.38. The fraction of sp³-hybridized carbons (Fsp3) is 0.556. The van der Waals surface area contributed by atoms with Crippen LogP contribution in [-0.4, -0.2) is 11.2 Å². The molecule has 0 spiro atoms. The van der Waals surface area contributed by atoms with E-state index in [1.807, 2.05) is 6.08 Å². The highest BCUT2D eigenvalue weighted by Crippen LogP contribution is 1.95. The molecule has 0 aromatic carbocycles. The summed E-state index contributed by atoms with van der Waals surface area (Å²) in [6, 6.07) is 0. The molecular formula is C9H14O. The van der Waals surface area contributed by atoms with E-state index in [9.17, 15) is 0 Å². The monoisotopic (exact) mass is 138 g/mol. The van der Waals surface area contributed by atoms with Gasteiger partial charge in [0.2, 0.25) is 0 Å². The Bertz CT molecular complexity index is 128. The first-order valence-electron chi connectivity index (χ1n) is 3.55. The third-order valence-corrected chi connectivity index (χ3v) is 1.11. The molecular weight excluding hydrogens is 124 g/mol. The summed E-state index contributed by atoms with van der Waals surface area (Å²) < 4.78 is 0. The molecule has 1 atom stereocenters. The molecule has 1 N–H and O–H groups in total. The molecule has 1 heteroatoms.